The number of carbonyl (C=O) groups is 1. The normalized spacial score (nSPS) is 10.5. The molecule has 0 saturated heterocycles. The van der Waals surface area contributed by atoms with E-state index < -0.39 is 0 Å². The molecule has 1 N–H and O–H groups in total. The van der Waals surface area contributed by atoms with Gasteiger partial charge in [0.25, 0.3) is 0 Å². The molecule has 2 rings (SSSR count). The molecule has 0 aliphatic rings. The average molecular weight is 383 g/mol. The molecule has 0 radical (unpaired) electrons. The summed E-state index contributed by atoms with van der Waals surface area (Å²) >= 11 is 4.71. The van der Waals surface area contributed by atoms with Crippen LogP contribution in [0.5, 0.6) is 0 Å². The van der Waals surface area contributed by atoms with Gasteiger partial charge in [-0.05, 0) is 51.7 Å². The fourth-order valence-electron chi connectivity index (χ4n) is 1.84. The summed E-state index contributed by atoms with van der Waals surface area (Å²) < 4.78 is 13.6. The first-order chi connectivity index (χ1) is 10.6. The van der Waals surface area contributed by atoms with Crippen LogP contribution in [-0.2, 0) is 17.0 Å². The van der Waals surface area contributed by atoms with Crippen LogP contribution in [0.4, 0.5) is 4.39 Å². The standard InChI is InChI=1S/C16H16BrFN2OS/c17-14-8-12(3-4-15(14)18)5-7-20-16(21)11-22-10-13-2-1-6-19-9-13/h1-4,6,8-9H,5,7,10-11H2,(H,20,21). The molecular formula is C16H16BrFN2OS. The van der Waals surface area contributed by atoms with Crippen molar-refractivity contribution in [1.82, 2.24) is 10.3 Å². The Kier molecular flexibility index (Phi) is 6.86. The van der Waals surface area contributed by atoms with Gasteiger partial charge in [0.05, 0.1) is 10.2 Å². The highest BCUT2D eigenvalue weighted by molar-refractivity contribution is 9.10. The van der Waals surface area contributed by atoms with E-state index >= 15 is 0 Å². The summed E-state index contributed by atoms with van der Waals surface area (Å²) in [5.41, 5.74) is 2.09. The van der Waals surface area contributed by atoms with Crippen molar-refractivity contribution in [3.63, 3.8) is 0 Å². The third kappa shape index (κ3) is 5.77. The summed E-state index contributed by atoms with van der Waals surface area (Å²) in [6, 6.07) is 8.76. The van der Waals surface area contributed by atoms with Crippen LogP contribution < -0.4 is 5.32 Å². The number of hydrogen-bond donors (Lipinski definition) is 1. The maximum atomic E-state index is 13.1. The molecule has 2 aromatic rings. The van der Waals surface area contributed by atoms with E-state index in [-0.39, 0.29) is 11.7 Å². The molecule has 0 unspecified atom stereocenters. The molecule has 0 bridgehead atoms. The van der Waals surface area contributed by atoms with Gasteiger partial charge in [0, 0.05) is 24.7 Å². The molecule has 116 valence electrons. The summed E-state index contributed by atoms with van der Waals surface area (Å²) in [6.07, 6.45) is 4.21. The lowest BCUT2D eigenvalue weighted by molar-refractivity contribution is -0.118. The smallest absolute Gasteiger partial charge is 0.230 e. The Morgan fingerprint density at radius 3 is 2.91 bits per heavy atom. The van der Waals surface area contributed by atoms with Gasteiger partial charge >= 0.3 is 0 Å². The molecular weight excluding hydrogens is 367 g/mol. The number of rotatable bonds is 7. The van der Waals surface area contributed by atoms with Crippen LogP contribution in [0.2, 0.25) is 0 Å². The highest BCUT2D eigenvalue weighted by Crippen LogP contribution is 2.17. The Hall–Kier alpha value is -1.40. The minimum atomic E-state index is -0.278. The lowest BCUT2D eigenvalue weighted by Gasteiger charge is -2.06. The summed E-state index contributed by atoms with van der Waals surface area (Å²) in [4.78, 5) is 15.8. The van der Waals surface area contributed by atoms with Crippen molar-refractivity contribution < 1.29 is 9.18 Å². The number of benzene rings is 1. The summed E-state index contributed by atoms with van der Waals surface area (Å²) in [6.45, 7) is 0.546. The molecule has 0 spiro atoms. The second-order valence-electron chi connectivity index (χ2n) is 4.70. The topological polar surface area (TPSA) is 42.0 Å². The Morgan fingerprint density at radius 2 is 2.18 bits per heavy atom. The highest BCUT2D eigenvalue weighted by atomic mass is 79.9. The Bertz CT molecular complexity index is 625. The van der Waals surface area contributed by atoms with Crippen LogP contribution >= 0.6 is 27.7 Å². The number of aromatic nitrogens is 1. The van der Waals surface area contributed by atoms with Gasteiger partial charge in [0.15, 0.2) is 0 Å². The second kappa shape index (κ2) is 8.90. The number of nitrogens with zero attached hydrogens (tertiary/aromatic N) is 1. The summed E-state index contributed by atoms with van der Waals surface area (Å²) in [5.74, 6) is 0.920. The molecule has 1 heterocycles. The molecule has 0 fully saturated rings. The van der Waals surface area contributed by atoms with E-state index in [4.69, 9.17) is 0 Å². The Morgan fingerprint density at radius 1 is 1.32 bits per heavy atom. The number of pyridine rings is 1. The van der Waals surface area contributed by atoms with Gasteiger partial charge in [0.1, 0.15) is 5.82 Å². The minimum Gasteiger partial charge on any atom is -0.355 e. The largest absolute Gasteiger partial charge is 0.355 e. The van der Waals surface area contributed by atoms with Crippen LogP contribution in [0.25, 0.3) is 0 Å². The number of carbonyl (C=O) groups excluding carboxylic acids is 1. The van der Waals surface area contributed by atoms with E-state index in [0.717, 1.165) is 16.9 Å². The number of nitrogens with one attached hydrogen (secondary N) is 1. The van der Waals surface area contributed by atoms with Gasteiger partial charge in [0.2, 0.25) is 5.91 Å². The van der Waals surface area contributed by atoms with E-state index in [1.165, 1.54) is 6.07 Å². The number of hydrogen-bond acceptors (Lipinski definition) is 3. The molecule has 6 heteroatoms. The average Bonchev–Trinajstić information content (AvgIpc) is 2.52. The molecule has 0 saturated carbocycles. The monoisotopic (exact) mass is 382 g/mol. The van der Waals surface area contributed by atoms with Crippen LogP contribution in [-0.4, -0.2) is 23.2 Å². The van der Waals surface area contributed by atoms with Crippen molar-refractivity contribution in [2.24, 2.45) is 0 Å². The molecule has 22 heavy (non-hydrogen) atoms. The maximum absolute atomic E-state index is 13.1. The molecule has 0 atom stereocenters. The summed E-state index contributed by atoms with van der Waals surface area (Å²) in [7, 11) is 0. The number of thioether (sulfide) groups is 1. The first-order valence-corrected chi connectivity index (χ1v) is 8.77. The molecule has 1 aromatic heterocycles. The zero-order valence-corrected chi connectivity index (χ0v) is 14.3. The van der Waals surface area contributed by atoms with Crippen molar-refractivity contribution in [3.05, 3.63) is 64.1 Å². The van der Waals surface area contributed by atoms with E-state index in [1.54, 1.807) is 36.3 Å². The van der Waals surface area contributed by atoms with Gasteiger partial charge in [-0.25, -0.2) is 4.39 Å². The lowest BCUT2D eigenvalue weighted by Crippen LogP contribution is -2.27. The Labute approximate surface area is 141 Å². The van der Waals surface area contributed by atoms with Crippen molar-refractivity contribution in [2.75, 3.05) is 12.3 Å². The molecule has 0 aliphatic heterocycles. The van der Waals surface area contributed by atoms with Crippen molar-refractivity contribution in [2.45, 2.75) is 12.2 Å². The van der Waals surface area contributed by atoms with Crippen molar-refractivity contribution in [3.8, 4) is 0 Å². The van der Waals surface area contributed by atoms with Crippen molar-refractivity contribution in [1.29, 1.82) is 0 Å². The van der Waals surface area contributed by atoms with Gasteiger partial charge < -0.3 is 5.32 Å². The first-order valence-electron chi connectivity index (χ1n) is 6.82. The van der Waals surface area contributed by atoms with E-state index in [9.17, 15) is 9.18 Å². The third-order valence-electron chi connectivity index (χ3n) is 2.94. The van der Waals surface area contributed by atoms with Crippen LogP contribution in [0.3, 0.4) is 0 Å². The second-order valence-corrected chi connectivity index (χ2v) is 6.54. The van der Waals surface area contributed by atoms with Gasteiger partial charge in [-0.2, -0.15) is 0 Å². The summed E-state index contributed by atoms with van der Waals surface area (Å²) in [5, 5.41) is 2.87. The van der Waals surface area contributed by atoms with E-state index in [1.807, 2.05) is 12.1 Å². The fourth-order valence-corrected chi connectivity index (χ4v) is 3.06. The lowest BCUT2D eigenvalue weighted by atomic mass is 10.1. The van der Waals surface area contributed by atoms with Gasteiger partial charge in [-0.3, -0.25) is 9.78 Å². The SMILES string of the molecule is O=C(CSCc1cccnc1)NCCc1ccc(F)c(Br)c1. The predicted octanol–water partition coefficient (Wildman–Crippen LogP) is 3.58. The highest BCUT2D eigenvalue weighted by Gasteiger charge is 2.04. The number of halogens is 2. The maximum Gasteiger partial charge on any atom is 0.230 e. The number of amides is 1. The van der Waals surface area contributed by atoms with E-state index in [2.05, 4.69) is 26.2 Å². The minimum absolute atomic E-state index is 0.00932. The zero-order chi connectivity index (χ0) is 15.8. The van der Waals surface area contributed by atoms with E-state index in [0.29, 0.717) is 23.2 Å². The van der Waals surface area contributed by atoms with Crippen LogP contribution in [0.1, 0.15) is 11.1 Å². The van der Waals surface area contributed by atoms with Crippen LogP contribution in [0, 0.1) is 5.82 Å². The fraction of sp³-hybridized carbons (Fsp3) is 0.250. The third-order valence-corrected chi connectivity index (χ3v) is 4.56. The van der Waals surface area contributed by atoms with Crippen molar-refractivity contribution >= 4 is 33.6 Å². The molecule has 3 nitrogen and oxygen atoms in total. The quantitative estimate of drug-likeness (QED) is 0.795. The zero-order valence-electron chi connectivity index (χ0n) is 11.9. The molecule has 1 amide bonds. The Balaban J connectivity index is 1.64. The first kappa shape index (κ1) is 17.0. The predicted molar refractivity (Wildman–Crippen MR) is 91.2 cm³/mol. The molecule has 1 aromatic carbocycles. The van der Waals surface area contributed by atoms with Gasteiger partial charge in [-0.1, -0.05) is 12.1 Å². The van der Waals surface area contributed by atoms with Crippen LogP contribution in [0.15, 0.2) is 47.2 Å². The molecule has 0 aliphatic carbocycles. The van der Waals surface area contributed by atoms with Gasteiger partial charge in [-0.15, -0.1) is 11.8 Å².